The lowest BCUT2D eigenvalue weighted by atomic mass is 9.94. The Balaban J connectivity index is 3.44. The minimum absolute atomic E-state index is 0.413. The Labute approximate surface area is 90.3 Å². The third-order valence-electron chi connectivity index (χ3n) is 2.59. The van der Waals surface area contributed by atoms with Crippen LogP contribution in [0.2, 0.25) is 0 Å². The molecule has 0 aliphatic heterocycles. The van der Waals surface area contributed by atoms with Crippen LogP contribution in [0.25, 0.3) is 5.57 Å². The predicted octanol–water partition coefficient (Wildman–Crippen LogP) is 3.18. The van der Waals surface area contributed by atoms with E-state index in [0.717, 1.165) is 22.3 Å². The van der Waals surface area contributed by atoms with Crippen molar-refractivity contribution in [3.05, 3.63) is 40.5 Å². The number of allylic oxidation sites excluding steroid dienone is 1. The first kappa shape index (κ1) is 11.5. The van der Waals surface area contributed by atoms with Crippen LogP contribution in [0.4, 0.5) is 0 Å². The maximum Gasteiger partial charge on any atom is 0.336 e. The molecule has 2 nitrogen and oxygen atoms in total. The van der Waals surface area contributed by atoms with Gasteiger partial charge in [-0.2, -0.15) is 0 Å². The van der Waals surface area contributed by atoms with Gasteiger partial charge in [0.1, 0.15) is 0 Å². The summed E-state index contributed by atoms with van der Waals surface area (Å²) < 4.78 is 0. The van der Waals surface area contributed by atoms with Crippen molar-refractivity contribution < 1.29 is 9.90 Å². The van der Waals surface area contributed by atoms with Crippen molar-refractivity contribution in [1.82, 2.24) is 0 Å². The summed E-state index contributed by atoms with van der Waals surface area (Å²) in [4.78, 5) is 11.1. The molecule has 0 aromatic heterocycles. The van der Waals surface area contributed by atoms with Crippen molar-refractivity contribution in [2.45, 2.75) is 27.7 Å². The van der Waals surface area contributed by atoms with Gasteiger partial charge < -0.3 is 5.11 Å². The molecule has 1 N–H and O–H groups in total. The van der Waals surface area contributed by atoms with Gasteiger partial charge in [0.2, 0.25) is 0 Å². The molecule has 0 radical (unpaired) electrons. The smallest absolute Gasteiger partial charge is 0.336 e. The Morgan fingerprint density at radius 2 is 1.80 bits per heavy atom. The molecule has 0 saturated carbocycles. The first-order valence-corrected chi connectivity index (χ1v) is 4.92. The number of carbonyl (C=O) groups is 1. The molecule has 15 heavy (non-hydrogen) atoms. The van der Waals surface area contributed by atoms with Crippen LogP contribution in [0.3, 0.4) is 0 Å². The predicted molar refractivity (Wildman–Crippen MR) is 61.8 cm³/mol. The molecule has 0 atom stereocenters. The topological polar surface area (TPSA) is 37.3 Å². The highest BCUT2D eigenvalue weighted by Gasteiger charge is 2.14. The summed E-state index contributed by atoms with van der Waals surface area (Å²) in [6.45, 7) is 7.59. The average Bonchev–Trinajstić information content (AvgIpc) is 2.11. The summed E-state index contributed by atoms with van der Waals surface area (Å²) >= 11 is 0. The third kappa shape index (κ3) is 2.27. The molecular weight excluding hydrogens is 188 g/mol. The average molecular weight is 204 g/mol. The van der Waals surface area contributed by atoms with Crippen molar-refractivity contribution in [2.75, 3.05) is 0 Å². The number of aliphatic carboxylic acids is 1. The van der Waals surface area contributed by atoms with Crippen molar-refractivity contribution in [3.8, 4) is 0 Å². The molecule has 0 bridgehead atoms. The van der Waals surface area contributed by atoms with E-state index < -0.39 is 5.97 Å². The Hall–Kier alpha value is -1.57. The molecule has 1 rings (SSSR count). The zero-order chi connectivity index (χ0) is 11.6. The highest BCUT2D eigenvalue weighted by Crippen LogP contribution is 2.24. The fraction of sp³-hybridized carbons (Fsp3) is 0.308. The second-order valence-electron chi connectivity index (χ2n) is 3.93. The number of benzene rings is 1. The minimum Gasteiger partial charge on any atom is -0.478 e. The quantitative estimate of drug-likeness (QED) is 0.751. The van der Waals surface area contributed by atoms with E-state index >= 15 is 0 Å². The summed E-state index contributed by atoms with van der Waals surface area (Å²) in [7, 11) is 0. The summed E-state index contributed by atoms with van der Waals surface area (Å²) in [6, 6.07) is 5.74. The molecule has 0 aliphatic carbocycles. The van der Waals surface area contributed by atoms with Gasteiger partial charge in [-0.25, -0.2) is 4.79 Å². The van der Waals surface area contributed by atoms with Crippen molar-refractivity contribution >= 4 is 11.5 Å². The molecule has 0 amide bonds. The maximum absolute atomic E-state index is 11.1. The largest absolute Gasteiger partial charge is 0.478 e. The van der Waals surface area contributed by atoms with Crippen LogP contribution >= 0.6 is 0 Å². The molecular formula is C13H16O2. The zero-order valence-electron chi connectivity index (χ0n) is 9.59. The molecule has 0 spiro atoms. The SMILES string of the molecule is CC(C)=C(C(=O)O)c1cccc(C)c1C. The molecule has 0 saturated heterocycles. The number of aryl methyl sites for hydroxylation is 1. The van der Waals surface area contributed by atoms with Crippen LogP contribution < -0.4 is 0 Å². The first-order valence-electron chi connectivity index (χ1n) is 4.92. The molecule has 1 aromatic carbocycles. The van der Waals surface area contributed by atoms with Crippen LogP contribution in [0.5, 0.6) is 0 Å². The van der Waals surface area contributed by atoms with Crippen molar-refractivity contribution in [1.29, 1.82) is 0 Å². The monoisotopic (exact) mass is 204 g/mol. The number of hydrogen-bond donors (Lipinski definition) is 1. The fourth-order valence-electron chi connectivity index (χ4n) is 1.62. The molecule has 0 heterocycles. The van der Waals surface area contributed by atoms with Crippen molar-refractivity contribution in [3.63, 3.8) is 0 Å². The van der Waals surface area contributed by atoms with E-state index in [9.17, 15) is 4.79 Å². The van der Waals surface area contributed by atoms with Gasteiger partial charge in [-0.1, -0.05) is 23.8 Å². The van der Waals surface area contributed by atoms with Gasteiger partial charge in [0.05, 0.1) is 5.57 Å². The molecule has 2 heteroatoms. The van der Waals surface area contributed by atoms with Crippen LogP contribution in [-0.2, 0) is 4.79 Å². The number of carboxylic acids is 1. The van der Waals surface area contributed by atoms with E-state index in [1.807, 2.05) is 45.9 Å². The Kier molecular flexibility index (Phi) is 3.30. The summed E-state index contributed by atoms with van der Waals surface area (Å²) in [5.41, 5.74) is 4.22. The van der Waals surface area contributed by atoms with Gasteiger partial charge in [-0.05, 0) is 44.4 Å². The highest BCUT2D eigenvalue weighted by atomic mass is 16.4. The summed E-state index contributed by atoms with van der Waals surface area (Å²) in [6.07, 6.45) is 0. The molecule has 0 aliphatic rings. The van der Waals surface area contributed by atoms with E-state index in [1.165, 1.54) is 0 Å². The van der Waals surface area contributed by atoms with Gasteiger partial charge in [-0.3, -0.25) is 0 Å². The van der Waals surface area contributed by atoms with Crippen LogP contribution in [-0.4, -0.2) is 11.1 Å². The Bertz CT molecular complexity index is 424. The Morgan fingerprint density at radius 1 is 1.20 bits per heavy atom. The van der Waals surface area contributed by atoms with E-state index in [0.29, 0.717) is 5.57 Å². The van der Waals surface area contributed by atoms with E-state index in [-0.39, 0.29) is 0 Å². The van der Waals surface area contributed by atoms with E-state index in [1.54, 1.807) is 0 Å². The second kappa shape index (κ2) is 4.30. The lowest BCUT2D eigenvalue weighted by molar-refractivity contribution is -0.130. The fourth-order valence-corrected chi connectivity index (χ4v) is 1.62. The lowest BCUT2D eigenvalue weighted by Gasteiger charge is -2.10. The second-order valence-corrected chi connectivity index (χ2v) is 3.93. The summed E-state index contributed by atoms with van der Waals surface area (Å²) in [5.74, 6) is -0.858. The third-order valence-corrected chi connectivity index (χ3v) is 2.59. The Morgan fingerprint density at radius 3 is 2.27 bits per heavy atom. The van der Waals surface area contributed by atoms with Crippen molar-refractivity contribution in [2.24, 2.45) is 0 Å². The highest BCUT2D eigenvalue weighted by molar-refractivity contribution is 6.16. The lowest BCUT2D eigenvalue weighted by Crippen LogP contribution is -2.04. The zero-order valence-corrected chi connectivity index (χ0v) is 9.59. The van der Waals surface area contributed by atoms with Gasteiger partial charge in [0.15, 0.2) is 0 Å². The standard InChI is InChI=1S/C13H16O2/c1-8(2)12(13(14)15)11-7-5-6-9(3)10(11)4/h5-7H,1-4H3,(H,14,15). The van der Waals surface area contributed by atoms with Crippen LogP contribution in [0.1, 0.15) is 30.5 Å². The van der Waals surface area contributed by atoms with Gasteiger partial charge in [-0.15, -0.1) is 0 Å². The molecule has 80 valence electrons. The van der Waals surface area contributed by atoms with E-state index in [2.05, 4.69) is 0 Å². The van der Waals surface area contributed by atoms with E-state index in [4.69, 9.17) is 5.11 Å². The van der Waals surface area contributed by atoms with Crippen LogP contribution in [0, 0.1) is 13.8 Å². The first-order chi connectivity index (χ1) is 6.95. The van der Waals surface area contributed by atoms with Gasteiger partial charge in [0, 0.05) is 0 Å². The minimum atomic E-state index is -0.858. The van der Waals surface area contributed by atoms with Gasteiger partial charge >= 0.3 is 5.97 Å². The molecule has 0 fully saturated rings. The number of hydrogen-bond acceptors (Lipinski definition) is 1. The summed E-state index contributed by atoms with van der Waals surface area (Å²) in [5, 5.41) is 9.15. The molecule has 0 unspecified atom stereocenters. The molecule has 1 aromatic rings. The maximum atomic E-state index is 11.1. The number of carboxylic acid groups (broad SMARTS) is 1. The normalized spacial score (nSPS) is 9.87. The van der Waals surface area contributed by atoms with Gasteiger partial charge in [0.25, 0.3) is 0 Å². The number of rotatable bonds is 2. The van der Waals surface area contributed by atoms with Crippen LogP contribution in [0.15, 0.2) is 23.8 Å².